The first kappa shape index (κ1) is 11.5. The van der Waals surface area contributed by atoms with Gasteiger partial charge in [-0.25, -0.2) is 4.98 Å². The maximum absolute atomic E-state index is 4.91. The number of methoxy groups -OCH3 is 1. The molecular formula is C8H16N4OS. The van der Waals surface area contributed by atoms with Crippen molar-refractivity contribution in [3.05, 3.63) is 5.82 Å². The molecule has 0 atom stereocenters. The van der Waals surface area contributed by atoms with Crippen molar-refractivity contribution in [2.45, 2.75) is 12.1 Å². The van der Waals surface area contributed by atoms with E-state index in [4.69, 9.17) is 4.74 Å². The number of nitrogens with zero attached hydrogens (tertiary/aromatic N) is 2. The molecule has 1 aromatic rings. The van der Waals surface area contributed by atoms with Gasteiger partial charge in [-0.2, -0.15) is 0 Å². The van der Waals surface area contributed by atoms with Crippen LogP contribution in [0, 0.1) is 6.92 Å². The molecule has 0 aliphatic carbocycles. The first-order valence-corrected chi connectivity index (χ1v) is 5.53. The molecule has 0 saturated heterocycles. The quantitative estimate of drug-likeness (QED) is 0.511. The normalized spacial score (nSPS) is 10.7. The van der Waals surface area contributed by atoms with Crippen molar-refractivity contribution in [1.29, 1.82) is 0 Å². The van der Waals surface area contributed by atoms with Gasteiger partial charge in [0.25, 0.3) is 0 Å². The Morgan fingerprint density at radius 1 is 1.50 bits per heavy atom. The molecule has 1 heterocycles. The number of hydrogen-bond donors (Lipinski definition) is 2. The smallest absolute Gasteiger partial charge is 0.208 e. The summed E-state index contributed by atoms with van der Waals surface area (Å²) in [7, 11) is 1.70. The predicted molar refractivity (Wildman–Crippen MR) is 56.6 cm³/mol. The zero-order chi connectivity index (χ0) is 10.2. The Kier molecular flexibility index (Phi) is 5.58. The molecule has 0 unspecified atom stereocenters. The lowest BCUT2D eigenvalue weighted by Gasteiger charge is -2.01. The van der Waals surface area contributed by atoms with Crippen molar-refractivity contribution >= 4 is 11.8 Å². The van der Waals surface area contributed by atoms with Crippen LogP contribution in [0.5, 0.6) is 0 Å². The minimum absolute atomic E-state index is 0.754. The lowest BCUT2D eigenvalue weighted by atomic mass is 10.6. The fourth-order valence-corrected chi connectivity index (χ4v) is 1.64. The Balaban J connectivity index is 1.99. The second-order valence-electron chi connectivity index (χ2n) is 2.79. The van der Waals surface area contributed by atoms with Crippen LogP contribution in [0.4, 0.5) is 0 Å². The molecule has 1 aromatic heterocycles. The fourth-order valence-electron chi connectivity index (χ4n) is 0.900. The molecule has 0 aromatic carbocycles. The van der Waals surface area contributed by atoms with Gasteiger partial charge < -0.3 is 10.1 Å². The predicted octanol–water partition coefficient (Wildman–Crippen LogP) is 0.441. The highest BCUT2D eigenvalue weighted by atomic mass is 32.2. The van der Waals surface area contributed by atoms with Crippen LogP contribution < -0.4 is 5.32 Å². The molecule has 0 radical (unpaired) electrons. The maximum Gasteiger partial charge on any atom is 0.208 e. The summed E-state index contributed by atoms with van der Waals surface area (Å²) in [5, 5.41) is 10.9. The lowest BCUT2D eigenvalue weighted by Crippen LogP contribution is -2.21. The molecule has 0 amide bonds. The van der Waals surface area contributed by atoms with Crippen molar-refractivity contribution < 1.29 is 4.74 Å². The third-order valence-electron chi connectivity index (χ3n) is 1.57. The zero-order valence-corrected chi connectivity index (χ0v) is 9.36. The summed E-state index contributed by atoms with van der Waals surface area (Å²) in [5.74, 6) is 1.83. The van der Waals surface area contributed by atoms with Crippen molar-refractivity contribution in [2.24, 2.45) is 0 Å². The van der Waals surface area contributed by atoms with Gasteiger partial charge in [0, 0.05) is 26.0 Å². The maximum atomic E-state index is 4.91. The molecule has 0 aliphatic rings. The van der Waals surface area contributed by atoms with Crippen molar-refractivity contribution in [3.63, 3.8) is 0 Å². The second kappa shape index (κ2) is 6.80. The second-order valence-corrected chi connectivity index (χ2v) is 3.86. The highest BCUT2D eigenvalue weighted by Crippen LogP contribution is 2.10. The number of aromatic amines is 1. The Labute approximate surface area is 88.0 Å². The highest BCUT2D eigenvalue weighted by Gasteiger charge is 1.98. The van der Waals surface area contributed by atoms with Crippen LogP contribution in [0.15, 0.2) is 5.16 Å². The molecular weight excluding hydrogens is 200 g/mol. The van der Waals surface area contributed by atoms with E-state index in [1.54, 1.807) is 18.9 Å². The van der Waals surface area contributed by atoms with Crippen molar-refractivity contribution in [3.8, 4) is 0 Å². The van der Waals surface area contributed by atoms with E-state index >= 15 is 0 Å². The average Bonchev–Trinajstić information content (AvgIpc) is 2.58. The highest BCUT2D eigenvalue weighted by molar-refractivity contribution is 7.99. The van der Waals surface area contributed by atoms with Gasteiger partial charge >= 0.3 is 0 Å². The van der Waals surface area contributed by atoms with E-state index in [0.717, 1.165) is 36.4 Å². The minimum Gasteiger partial charge on any atom is -0.383 e. The van der Waals surface area contributed by atoms with Gasteiger partial charge in [-0.3, -0.25) is 5.10 Å². The van der Waals surface area contributed by atoms with Crippen LogP contribution in [0.2, 0.25) is 0 Å². The first-order chi connectivity index (χ1) is 6.83. The third kappa shape index (κ3) is 4.59. The molecule has 2 N–H and O–H groups in total. The first-order valence-electron chi connectivity index (χ1n) is 4.54. The van der Waals surface area contributed by atoms with Crippen LogP contribution >= 0.6 is 11.8 Å². The number of ether oxygens (including phenoxy) is 1. The van der Waals surface area contributed by atoms with Gasteiger partial charge in [-0.15, -0.1) is 5.10 Å². The molecule has 80 valence electrons. The molecule has 6 heteroatoms. The summed E-state index contributed by atoms with van der Waals surface area (Å²) < 4.78 is 4.91. The van der Waals surface area contributed by atoms with Gasteiger partial charge in [0.2, 0.25) is 5.16 Å². The molecule has 14 heavy (non-hydrogen) atoms. The molecule has 0 spiro atoms. The molecule has 0 bridgehead atoms. The van der Waals surface area contributed by atoms with Crippen LogP contribution in [-0.4, -0.2) is 47.7 Å². The number of aromatic nitrogens is 3. The Bertz CT molecular complexity index is 253. The largest absolute Gasteiger partial charge is 0.383 e. The number of thioether (sulfide) groups is 1. The van der Waals surface area contributed by atoms with E-state index in [1.807, 2.05) is 6.92 Å². The number of aryl methyl sites for hydroxylation is 1. The Morgan fingerprint density at radius 2 is 2.36 bits per heavy atom. The van der Waals surface area contributed by atoms with Crippen LogP contribution in [0.1, 0.15) is 5.82 Å². The van der Waals surface area contributed by atoms with E-state index in [-0.39, 0.29) is 0 Å². The minimum atomic E-state index is 0.754. The number of H-pyrrole nitrogens is 1. The Morgan fingerprint density at radius 3 is 3.00 bits per heavy atom. The topological polar surface area (TPSA) is 62.8 Å². The number of nitrogens with one attached hydrogen (secondary N) is 2. The molecule has 0 aliphatic heterocycles. The van der Waals surface area contributed by atoms with E-state index in [9.17, 15) is 0 Å². The molecule has 0 saturated carbocycles. The average molecular weight is 216 g/mol. The van der Waals surface area contributed by atoms with Gasteiger partial charge in [0.05, 0.1) is 6.61 Å². The number of hydrogen-bond acceptors (Lipinski definition) is 5. The van der Waals surface area contributed by atoms with E-state index in [0.29, 0.717) is 0 Å². The fraction of sp³-hybridized carbons (Fsp3) is 0.750. The van der Waals surface area contributed by atoms with Gasteiger partial charge in [-0.05, 0) is 6.92 Å². The summed E-state index contributed by atoms with van der Waals surface area (Å²) in [6.45, 7) is 4.49. The third-order valence-corrected chi connectivity index (χ3v) is 2.42. The summed E-state index contributed by atoms with van der Waals surface area (Å²) in [6, 6.07) is 0. The van der Waals surface area contributed by atoms with E-state index in [2.05, 4.69) is 20.5 Å². The standard InChI is InChI=1S/C8H16N4OS/c1-7-10-8(12-11-7)14-6-4-9-3-5-13-2/h9H,3-6H2,1-2H3,(H,10,11,12). The SMILES string of the molecule is COCCNCCSc1n[nH]c(C)n1. The van der Waals surface area contributed by atoms with Crippen LogP contribution in [0.3, 0.4) is 0 Å². The molecule has 5 nitrogen and oxygen atoms in total. The van der Waals surface area contributed by atoms with Gasteiger partial charge in [0.15, 0.2) is 0 Å². The monoisotopic (exact) mass is 216 g/mol. The van der Waals surface area contributed by atoms with Crippen molar-refractivity contribution in [2.75, 3.05) is 32.6 Å². The van der Waals surface area contributed by atoms with Crippen molar-refractivity contribution in [1.82, 2.24) is 20.5 Å². The summed E-state index contributed by atoms with van der Waals surface area (Å²) in [4.78, 5) is 4.19. The number of rotatable bonds is 7. The lowest BCUT2D eigenvalue weighted by molar-refractivity contribution is 0.200. The van der Waals surface area contributed by atoms with Crippen LogP contribution in [0.25, 0.3) is 0 Å². The van der Waals surface area contributed by atoms with Gasteiger partial charge in [0.1, 0.15) is 5.82 Å². The van der Waals surface area contributed by atoms with E-state index in [1.165, 1.54) is 0 Å². The zero-order valence-electron chi connectivity index (χ0n) is 8.54. The Hall–Kier alpha value is -0.590. The summed E-state index contributed by atoms with van der Waals surface area (Å²) in [6.07, 6.45) is 0. The van der Waals surface area contributed by atoms with E-state index < -0.39 is 0 Å². The van der Waals surface area contributed by atoms with Crippen LogP contribution in [-0.2, 0) is 4.74 Å². The summed E-state index contributed by atoms with van der Waals surface area (Å²) in [5.41, 5.74) is 0. The molecule has 0 fully saturated rings. The van der Waals surface area contributed by atoms with Gasteiger partial charge in [-0.1, -0.05) is 11.8 Å². The molecule has 1 rings (SSSR count). The summed E-state index contributed by atoms with van der Waals surface area (Å²) >= 11 is 1.64.